The lowest BCUT2D eigenvalue weighted by Gasteiger charge is -2.33. The van der Waals surface area contributed by atoms with Gasteiger partial charge in [0.1, 0.15) is 11.5 Å². The Kier molecular flexibility index (Phi) is 9.01. The average Bonchev–Trinajstić information content (AvgIpc) is 3.44. The van der Waals surface area contributed by atoms with Crippen molar-refractivity contribution >= 4 is 11.8 Å². The molecule has 188 valence electrons. The van der Waals surface area contributed by atoms with Gasteiger partial charge in [0.15, 0.2) is 0 Å². The summed E-state index contributed by atoms with van der Waals surface area (Å²) in [6.45, 7) is 4.15. The van der Waals surface area contributed by atoms with E-state index >= 15 is 0 Å². The van der Waals surface area contributed by atoms with Crippen LogP contribution in [0.5, 0.6) is 11.5 Å². The monoisotopic (exact) mass is 479 g/mol. The Morgan fingerprint density at radius 2 is 1.77 bits per heavy atom. The lowest BCUT2D eigenvalue weighted by molar-refractivity contribution is -0.136. The van der Waals surface area contributed by atoms with Gasteiger partial charge >= 0.3 is 0 Å². The highest BCUT2D eigenvalue weighted by molar-refractivity contribution is 5.81. The van der Waals surface area contributed by atoms with Gasteiger partial charge in [-0.05, 0) is 68.6 Å². The molecule has 35 heavy (non-hydrogen) atoms. The van der Waals surface area contributed by atoms with Crippen LogP contribution in [0, 0.1) is 5.92 Å². The molecule has 2 aliphatic rings. The first-order valence-electron chi connectivity index (χ1n) is 12.8. The number of amides is 2. The summed E-state index contributed by atoms with van der Waals surface area (Å²) in [6.07, 6.45) is 4.33. The first kappa shape index (κ1) is 25.0. The quantitative estimate of drug-likeness (QED) is 0.563. The number of rotatable bonds is 10. The number of hydrogen-bond acceptors (Lipinski definition) is 5. The molecular weight excluding hydrogens is 442 g/mol. The predicted molar refractivity (Wildman–Crippen MR) is 135 cm³/mol. The minimum atomic E-state index is -0.174. The van der Waals surface area contributed by atoms with Gasteiger partial charge in [-0.2, -0.15) is 0 Å². The maximum absolute atomic E-state index is 13.1. The van der Waals surface area contributed by atoms with Crippen molar-refractivity contribution in [2.75, 3.05) is 46.4 Å². The lowest BCUT2D eigenvalue weighted by Crippen LogP contribution is -2.47. The SMILES string of the molecule is COc1cccc(C(CNC(=O)C2CCCN(C(=O)CCOc3ccccc3)C2)N2CCCC2)c1. The number of nitrogens with zero attached hydrogens (tertiary/aromatic N) is 2. The summed E-state index contributed by atoms with van der Waals surface area (Å²) in [7, 11) is 1.68. The number of carbonyl (C=O) groups is 2. The van der Waals surface area contributed by atoms with Crippen LogP contribution in [0.2, 0.25) is 0 Å². The summed E-state index contributed by atoms with van der Waals surface area (Å²) < 4.78 is 11.1. The first-order valence-corrected chi connectivity index (χ1v) is 12.8. The van der Waals surface area contributed by atoms with Crippen molar-refractivity contribution in [3.8, 4) is 11.5 Å². The van der Waals surface area contributed by atoms with Gasteiger partial charge < -0.3 is 19.7 Å². The zero-order chi connectivity index (χ0) is 24.5. The third kappa shape index (κ3) is 6.98. The standard InChI is InChI=1S/C28H37N3O4/c1-34-25-13-7-9-22(19-25)26(30-15-5-6-16-30)20-29-28(33)23-10-8-17-31(21-23)27(32)14-18-35-24-11-3-2-4-12-24/h2-4,7,9,11-13,19,23,26H,5-6,8,10,14-18,20-21H2,1H3,(H,29,33). The molecule has 0 saturated carbocycles. The minimum Gasteiger partial charge on any atom is -0.497 e. The second-order valence-electron chi connectivity index (χ2n) is 9.37. The first-order chi connectivity index (χ1) is 17.1. The molecule has 2 unspecified atom stereocenters. The van der Waals surface area contributed by atoms with E-state index in [0.29, 0.717) is 32.7 Å². The van der Waals surface area contributed by atoms with Crippen LogP contribution in [0.25, 0.3) is 0 Å². The molecule has 2 heterocycles. The molecule has 2 aromatic carbocycles. The molecule has 0 radical (unpaired) electrons. The van der Waals surface area contributed by atoms with Crippen LogP contribution in [-0.2, 0) is 9.59 Å². The van der Waals surface area contributed by atoms with Crippen molar-refractivity contribution in [3.63, 3.8) is 0 Å². The van der Waals surface area contributed by atoms with Crippen molar-refractivity contribution in [1.82, 2.24) is 15.1 Å². The van der Waals surface area contributed by atoms with Gasteiger partial charge in [-0.15, -0.1) is 0 Å². The predicted octanol–water partition coefficient (Wildman–Crippen LogP) is 3.66. The molecule has 2 aliphatic heterocycles. The van der Waals surface area contributed by atoms with E-state index in [9.17, 15) is 9.59 Å². The molecule has 2 amide bonds. The summed E-state index contributed by atoms with van der Waals surface area (Å²) in [5, 5.41) is 3.21. The third-order valence-corrected chi connectivity index (χ3v) is 7.00. The number of ether oxygens (including phenoxy) is 2. The molecule has 0 bridgehead atoms. The maximum Gasteiger partial charge on any atom is 0.226 e. The van der Waals surface area contributed by atoms with Crippen LogP contribution < -0.4 is 14.8 Å². The van der Waals surface area contributed by atoms with E-state index < -0.39 is 0 Å². The van der Waals surface area contributed by atoms with Crippen molar-refractivity contribution < 1.29 is 19.1 Å². The highest BCUT2D eigenvalue weighted by Crippen LogP contribution is 2.27. The summed E-state index contributed by atoms with van der Waals surface area (Å²) >= 11 is 0. The molecule has 2 saturated heterocycles. The topological polar surface area (TPSA) is 71.1 Å². The Labute approximate surface area is 208 Å². The molecule has 7 heteroatoms. The van der Waals surface area contributed by atoms with E-state index in [-0.39, 0.29) is 23.8 Å². The Morgan fingerprint density at radius 1 is 1.00 bits per heavy atom. The molecule has 2 atom stereocenters. The number of para-hydroxylation sites is 1. The molecule has 2 fully saturated rings. The Bertz CT molecular complexity index is 962. The van der Waals surface area contributed by atoms with E-state index in [1.54, 1.807) is 7.11 Å². The summed E-state index contributed by atoms with van der Waals surface area (Å²) in [4.78, 5) is 30.1. The van der Waals surface area contributed by atoms with Crippen molar-refractivity contribution in [1.29, 1.82) is 0 Å². The molecule has 1 N–H and O–H groups in total. The lowest BCUT2D eigenvalue weighted by atomic mass is 9.96. The zero-order valence-corrected chi connectivity index (χ0v) is 20.7. The van der Waals surface area contributed by atoms with Crippen molar-refractivity contribution in [3.05, 3.63) is 60.2 Å². The van der Waals surface area contributed by atoms with Crippen LogP contribution in [0.15, 0.2) is 54.6 Å². The molecule has 0 spiro atoms. The molecule has 7 nitrogen and oxygen atoms in total. The van der Waals surface area contributed by atoms with Gasteiger partial charge in [-0.3, -0.25) is 14.5 Å². The van der Waals surface area contributed by atoms with Gasteiger partial charge in [0.2, 0.25) is 11.8 Å². The fourth-order valence-electron chi connectivity index (χ4n) is 5.05. The maximum atomic E-state index is 13.1. The van der Waals surface area contributed by atoms with Gasteiger partial charge in [0.05, 0.1) is 32.1 Å². The highest BCUT2D eigenvalue weighted by atomic mass is 16.5. The van der Waals surface area contributed by atoms with E-state index in [0.717, 1.165) is 43.0 Å². The molecule has 2 aromatic rings. The fraction of sp³-hybridized carbons (Fsp3) is 0.500. The van der Waals surface area contributed by atoms with E-state index in [1.165, 1.54) is 12.8 Å². The molecule has 4 rings (SSSR count). The zero-order valence-electron chi connectivity index (χ0n) is 20.7. The van der Waals surface area contributed by atoms with E-state index in [2.05, 4.69) is 22.3 Å². The van der Waals surface area contributed by atoms with Crippen LogP contribution in [0.4, 0.5) is 0 Å². The summed E-state index contributed by atoms with van der Waals surface area (Å²) in [5.74, 6) is 1.50. The highest BCUT2D eigenvalue weighted by Gasteiger charge is 2.30. The Balaban J connectivity index is 1.29. The second-order valence-corrected chi connectivity index (χ2v) is 9.37. The number of benzene rings is 2. The average molecular weight is 480 g/mol. The van der Waals surface area contributed by atoms with Crippen LogP contribution in [0.1, 0.15) is 43.7 Å². The molecular formula is C28H37N3O4. The van der Waals surface area contributed by atoms with Gasteiger partial charge in [-0.25, -0.2) is 0 Å². The smallest absolute Gasteiger partial charge is 0.226 e. The van der Waals surface area contributed by atoms with Crippen LogP contribution in [-0.4, -0.2) is 68.1 Å². The van der Waals surface area contributed by atoms with E-state index in [1.807, 2.05) is 47.4 Å². The van der Waals surface area contributed by atoms with Gasteiger partial charge in [0.25, 0.3) is 0 Å². The normalized spacial score (nSPS) is 19.2. The fourth-order valence-corrected chi connectivity index (χ4v) is 5.05. The second kappa shape index (κ2) is 12.6. The molecule has 0 aromatic heterocycles. The Morgan fingerprint density at radius 3 is 2.54 bits per heavy atom. The number of piperidine rings is 1. The number of methoxy groups -OCH3 is 1. The van der Waals surface area contributed by atoms with Crippen LogP contribution >= 0.6 is 0 Å². The van der Waals surface area contributed by atoms with Gasteiger partial charge in [0, 0.05) is 19.6 Å². The third-order valence-electron chi connectivity index (χ3n) is 7.00. The summed E-state index contributed by atoms with van der Waals surface area (Å²) in [5.41, 5.74) is 1.16. The number of nitrogens with one attached hydrogen (secondary N) is 1. The van der Waals surface area contributed by atoms with Gasteiger partial charge in [-0.1, -0.05) is 30.3 Å². The number of carbonyl (C=O) groups excluding carboxylic acids is 2. The molecule has 0 aliphatic carbocycles. The largest absolute Gasteiger partial charge is 0.497 e. The summed E-state index contributed by atoms with van der Waals surface area (Å²) in [6, 6.07) is 17.8. The van der Waals surface area contributed by atoms with Crippen molar-refractivity contribution in [2.45, 2.75) is 38.1 Å². The number of hydrogen-bond donors (Lipinski definition) is 1. The number of likely N-dealkylation sites (tertiary alicyclic amines) is 2. The van der Waals surface area contributed by atoms with Crippen LogP contribution in [0.3, 0.4) is 0 Å². The van der Waals surface area contributed by atoms with Crippen molar-refractivity contribution in [2.24, 2.45) is 5.92 Å². The Hall–Kier alpha value is -3.06. The van der Waals surface area contributed by atoms with E-state index in [4.69, 9.17) is 9.47 Å². The minimum absolute atomic E-state index is 0.0372.